The SMILES string of the molecule is CCCCCCCCCCC(C)S(N)(=O)=O.O=C(Cl)c1ccccc1. The lowest BCUT2D eigenvalue weighted by Crippen LogP contribution is -2.25. The van der Waals surface area contributed by atoms with Gasteiger partial charge in [0.1, 0.15) is 0 Å². The summed E-state index contributed by atoms with van der Waals surface area (Å²) in [6, 6.07) is 8.74. The van der Waals surface area contributed by atoms with Crippen LogP contribution in [0.2, 0.25) is 0 Å². The molecule has 0 aromatic heterocycles. The highest BCUT2D eigenvalue weighted by Gasteiger charge is 2.14. The monoisotopic (exact) mass is 389 g/mol. The van der Waals surface area contributed by atoms with Crippen LogP contribution in [0.25, 0.3) is 0 Å². The molecule has 1 aromatic carbocycles. The summed E-state index contributed by atoms with van der Waals surface area (Å²) in [4.78, 5) is 10.4. The van der Waals surface area contributed by atoms with Crippen molar-refractivity contribution >= 4 is 26.9 Å². The number of primary sulfonamides is 1. The van der Waals surface area contributed by atoms with E-state index < -0.39 is 15.3 Å². The number of hydrogen-bond donors (Lipinski definition) is 1. The van der Waals surface area contributed by atoms with Crippen molar-refractivity contribution in [2.75, 3.05) is 0 Å². The van der Waals surface area contributed by atoms with Gasteiger partial charge in [-0.15, -0.1) is 0 Å². The third-order valence-corrected chi connectivity index (χ3v) is 5.60. The molecule has 0 bridgehead atoms. The summed E-state index contributed by atoms with van der Waals surface area (Å²) in [5, 5.41) is 4.26. The van der Waals surface area contributed by atoms with Gasteiger partial charge in [0.25, 0.3) is 5.24 Å². The molecule has 0 radical (unpaired) electrons. The van der Waals surface area contributed by atoms with E-state index in [4.69, 9.17) is 16.7 Å². The predicted octanol–water partition coefficient (Wildman–Crippen LogP) is 5.26. The van der Waals surface area contributed by atoms with Crippen molar-refractivity contribution < 1.29 is 13.2 Å². The molecule has 0 aliphatic heterocycles. The lowest BCUT2D eigenvalue weighted by Gasteiger charge is -2.08. The summed E-state index contributed by atoms with van der Waals surface area (Å²) in [6.07, 6.45) is 10.6. The number of rotatable bonds is 11. The zero-order valence-corrected chi connectivity index (χ0v) is 17.0. The standard InChI is InChI=1S/C12H27NO2S.C7H5ClO/c1-3-4-5-6-7-8-9-10-11-12(2)16(13,14)15;8-7(9)6-4-2-1-3-5-6/h12H,3-11H2,1-2H3,(H2,13,14,15);1-5H. The molecule has 0 aliphatic carbocycles. The van der Waals surface area contributed by atoms with Gasteiger partial charge in [0, 0.05) is 5.56 Å². The number of carbonyl (C=O) groups is 1. The molecule has 0 aliphatic rings. The topological polar surface area (TPSA) is 77.2 Å². The predicted molar refractivity (Wildman–Crippen MR) is 106 cm³/mol. The van der Waals surface area contributed by atoms with Crippen molar-refractivity contribution in [3.63, 3.8) is 0 Å². The van der Waals surface area contributed by atoms with Gasteiger partial charge in [-0.05, 0) is 24.9 Å². The van der Waals surface area contributed by atoms with Crippen LogP contribution in [0.5, 0.6) is 0 Å². The third-order valence-electron chi connectivity index (χ3n) is 4.03. The van der Waals surface area contributed by atoms with E-state index in [1.54, 1.807) is 31.2 Å². The van der Waals surface area contributed by atoms with Crippen LogP contribution in [-0.4, -0.2) is 18.9 Å². The van der Waals surface area contributed by atoms with Gasteiger partial charge < -0.3 is 0 Å². The molecule has 1 atom stereocenters. The van der Waals surface area contributed by atoms with Crippen LogP contribution < -0.4 is 5.14 Å². The first-order valence-electron chi connectivity index (χ1n) is 9.05. The van der Waals surface area contributed by atoms with Crippen LogP contribution in [0.15, 0.2) is 30.3 Å². The second kappa shape index (κ2) is 14.3. The number of halogens is 1. The van der Waals surface area contributed by atoms with Crippen molar-refractivity contribution in [2.45, 2.75) is 76.9 Å². The highest BCUT2D eigenvalue weighted by atomic mass is 35.5. The number of unbranched alkanes of at least 4 members (excludes halogenated alkanes) is 7. The largest absolute Gasteiger partial charge is 0.276 e. The van der Waals surface area contributed by atoms with E-state index in [0.717, 1.165) is 12.8 Å². The second-order valence-corrected chi connectivity index (χ2v) is 8.63. The van der Waals surface area contributed by atoms with Gasteiger partial charge in [0.2, 0.25) is 10.0 Å². The Bertz CT molecular complexity index is 561. The maximum atomic E-state index is 10.9. The minimum absolute atomic E-state index is 0.382. The molecule has 2 N–H and O–H groups in total. The lowest BCUT2D eigenvalue weighted by molar-refractivity contribution is 0.108. The Labute approximate surface area is 158 Å². The van der Waals surface area contributed by atoms with Crippen LogP contribution >= 0.6 is 11.6 Å². The fraction of sp³-hybridized carbons (Fsp3) is 0.632. The highest BCUT2D eigenvalue weighted by Crippen LogP contribution is 2.12. The van der Waals surface area contributed by atoms with Gasteiger partial charge in [0.05, 0.1) is 5.25 Å². The fourth-order valence-electron chi connectivity index (χ4n) is 2.30. The quantitative estimate of drug-likeness (QED) is 0.414. The average Bonchev–Trinajstić information content (AvgIpc) is 2.57. The zero-order valence-electron chi connectivity index (χ0n) is 15.4. The van der Waals surface area contributed by atoms with Crippen LogP contribution in [0.4, 0.5) is 0 Å². The van der Waals surface area contributed by atoms with Gasteiger partial charge in [-0.2, -0.15) is 0 Å². The Morgan fingerprint density at radius 3 is 1.88 bits per heavy atom. The van der Waals surface area contributed by atoms with Crippen molar-refractivity contribution in [3.8, 4) is 0 Å². The molecule has 0 fully saturated rings. The molecule has 144 valence electrons. The summed E-state index contributed by atoms with van der Waals surface area (Å²) in [5.41, 5.74) is 0.541. The van der Waals surface area contributed by atoms with E-state index in [2.05, 4.69) is 6.92 Å². The Hall–Kier alpha value is -0.910. The van der Waals surface area contributed by atoms with E-state index in [-0.39, 0.29) is 5.25 Å². The molecular weight excluding hydrogens is 358 g/mol. The molecule has 1 unspecified atom stereocenters. The maximum Gasteiger partial charge on any atom is 0.252 e. The number of sulfonamides is 1. The van der Waals surface area contributed by atoms with Crippen molar-refractivity contribution in [2.24, 2.45) is 5.14 Å². The summed E-state index contributed by atoms with van der Waals surface area (Å²) >= 11 is 5.16. The van der Waals surface area contributed by atoms with E-state index in [1.807, 2.05) is 6.07 Å². The molecule has 0 heterocycles. The first-order valence-corrected chi connectivity index (χ1v) is 11.0. The maximum absolute atomic E-state index is 10.9. The molecule has 1 rings (SSSR count). The fourth-order valence-corrected chi connectivity index (χ4v) is 2.92. The molecule has 0 saturated carbocycles. The number of hydrogen-bond acceptors (Lipinski definition) is 3. The van der Waals surface area contributed by atoms with Gasteiger partial charge >= 0.3 is 0 Å². The molecule has 6 heteroatoms. The summed E-state index contributed by atoms with van der Waals surface area (Å²) in [6.45, 7) is 3.91. The van der Waals surface area contributed by atoms with E-state index >= 15 is 0 Å². The normalized spacial score (nSPS) is 12.2. The smallest absolute Gasteiger partial charge is 0.252 e. The molecule has 25 heavy (non-hydrogen) atoms. The Morgan fingerprint density at radius 2 is 1.48 bits per heavy atom. The Morgan fingerprint density at radius 1 is 1.00 bits per heavy atom. The molecule has 0 spiro atoms. The minimum Gasteiger partial charge on any atom is -0.276 e. The average molecular weight is 390 g/mol. The van der Waals surface area contributed by atoms with E-state index in [1.165, 1.54) is 38.5 Å². The highest BCUT2D eigenvalue weighted by molar-refractivity contribution is 7.89. The van der Waals surface area contributed by atoms with Crippen LogP contribution in [0.3, 0.4) is 0 Å². The number of nitrogens with two attached hydrogens (primary N) is 1. The number of carbonyl (C=O) groups excluding carboxylic acids is 1. The Balaban J connectivity index is 0.000000535. The van der Waals surface area contributed by atoms with Gasteiger partial charge in [0.15, 0.2) is 0 Å². The summed E-state index contributed by atoms with van der Waals surface area (Å²) in [5.74, 6) is 0. The molecule has 0 saturated heterocycles. The second-order valence-electron chi connectivity index (χ2n) is 6.30. The zero-order chi connectivity index (χ0) is 19.1. The van der Waals surface area contributed by atoms with Crippen molar-refractivity contribution in [1.29, 1.82) is 0 Å². The van der Waals surface area contributed by atoms with Crippen molar-refractivity contribution in [1.82, 2.24) is 0 Å². The molecule has 1 aromatic rings. The van der Waals surface area contributed by atoms with Gasteiger partial charge in [-0.1, -0.05) is 88.6 Å². The van der Waals surface area contributed by atoms with Crippen LogP contribution in [0, 0.1) is 0 Å². The van der Waals surface area contributed by atoms with E-state index in [9.17, 15) is 13.2 Å². The van der Waals surface area contributed by atoms with Gasteiger partial charge in [-0.3, -0.25) is 4.79 Å². The van der Waals surface area contributed by atoms with Gasteiger partial charge in [-0.25, -0.2) is 13.6 Å². The molecular formula is C19H32ClNO3S. The van der Waals surface area contributed by atoms with E-state index in [0.29, 0.717) is 12.0 Å². The first kappa shape index (κ1) is 24.1. The Kier molecular flexibility index (Phi) is 13.8. The number of benzene rings is 1. The minimum atomic E-state index is -3.31. The summed E-state index contributed by atoms with van der Waals surface area (Å²) < 4.78 is 21.9. The third kappa shape index (κ3) is 14.0. The molecule has 4 nitrogen and oxygen atoms in total. The van der Waals surface area contributed by atoms with Crippen LogP contribution in [0.1, 0.15) is 82.0 Å². The van der Waals surface area contributed by atoms with Crippen molar-refractivity contribution in [3.05, 3.63) is 35.9 Å². The first-order chi connectivity index (χ1) is 11.8. The molecule has 0 amide bonds. The lowest BCUT2D eigenvalue weighted by atomic mass is 10.1. The summed E-state index contributed by atoms with van der Waals surface area (Å²) in [7, 11) is -3.31. The van der Waals surface area contributed by atoms with Crippen LogP contribution in [-0.2, 0) is 10.0 Å².